The highest BCUT2D eigenvalue weighted by atomic mass is 35.5. The highest BCUT2D eigenvalue weighted by Gasteiger charge is 2.25. The summed E-state index contributed by atoms with van der Waals surface area (Å²) in [4.78, 5) is 2.31. The molecule has 0 aromatic heterocycles. The molecule has 1 aromatic carbocycles. The van der Waals surface area contributed by atoms with Gasteiger partial charge >= 0.3 is 0 Å². The van der Waals surface area contributed by atoms with Gasteiger partial charge in [0.15, 0.2) is 0 Å². The SMILES string of the molecule is CC1(O)CCCN(c2ccc(Cl)cc2CN)CC1. The van der Waals surface area contributed by atoms with E-state index in [9.17, 15) is 5.11 Å². The molecule has 3 nitrogen and oxygen atoms in total. The van der Waals surface area contributed by atoms with Crippen LogP contribution in [0.1, 0.15) is 31.7 Å². The fourth-order valence-electron chi connectivity index (χ4n) is 2.53. The van der Waals surface area contributed by atoms with Gasteiger partial charge in [0.05, 0.1) is 5.60 Å². The highest BCUT2D eigenvalue weighted by molar-refractivity contribution is 6.30. The Bertz CT molecular complexity index is 420. The Morgan fingerprint density at radius 1 is 1.39 bits per heavy atom. The number of halogens is 1. The maximum absolute atomic E-state index is 10.1. The molecule has 1 heterocycles. The highest BCUT2D eigenvalue weighted by Crippen LogP contribution is 2.29. The number of nitrogens with two attached hydrogens (primary N) is 1. The predicted molar refractivity (Wildman–Crippen MR) is 76.0 cm³/mol. The minimum absolute atomic E-state index is 0.489. The molecular formula is C14H21ClN2O. The van der Waals surface area contributed by atoms with Gasteiger partial charge in [-0.3, -0.25) is 0 Å². The van der Waals surface area contributed by atoms with Gasteiger partial charge in [0.1, 0.15) is 0 Å². The first-order valence-electron chi connectivity index (χ1n) is 6.48. The number of aliphatic hydroxyl groups is 1. The normalized spacial score (nSPS) is 25.0. The Morgan fingerprint density at radius 2 is 2.17 bits per heavy atom. The Morgan fingerprint density at radius 3 is 2.89 bits per heavy atom. The van der Waals surface area contributed by atoms with Crippen LogP contribution in [0.4, 0.5) is 5.69 Å². The molecule has 1 saturated heterocycles. The van der Waals surface area contributed by atoms with E-state index in [1.807, 2.05) is 25.1 Å². The summed E-state index contributed by atoms with van der Waals surface area (Å²) in [5, 5.41) is 10.8. The number of rotatable bonds is 2. The van der Waals surface area contributed by atoms with Crippen molar-refractivity contribution in [3.8, 4) is 0 Å². The molecule has 0 bridgehead atoms. The average Bonchev–Trinajstić information content (AvgIpc) is 2.50. The minimum atomic E-state index is -0.538. The van der Waals surface area contributed by atoms with Crippen LogP contribution in [0.2, 0.25) is 5.02 Å². The monoisotopic (exact) mass is 268 g/mol. The lowest BCUT2D eigenvalue weighted by atomic mass is 9.98. The van der Waals surface area contributed by atoms with E-state index in [4.69, 9.17) is 17.3 Å². The quantitative estimate of drug-likeness (QED) is 0.867. The summed E-state index contributed by atoms with van der Waals surface area (Å²) in [6.07, 6.45) is 2.65. The van der Waals surface area contributed by atoms with Crippen LogP contribution < -0.4 is 10.6 Å². The second-order valence-corrected chi connectivity index (χ2v) is 5.75. The first-order chi connectivity index (χ1) is 8.52. The van der Waals surface area contributed by atoms with Crippen LogP contribution >= 0.6 is 11.6 Å². The van der Waals surface area contributed by atoms with Gasteiger partial charge in [-0.05, 0) is 49.9 Å². The summed E-state index contributed by atoms with van der Waals surface area (Å²) in [5.41, 5.74) is 7.47. The lowest BCUT2D eigenvalue weighted by molar-refractivity contribution is 0.0481. The predicted octanol–water partition coefficient (Wildman–Crippen LogP) is 2.54. The smallest absolute Gasteiger partial charge is 0.0637 e. The van der Waals surface area contributed by atoms with Crippen molar-refractivity contribution >= 4 is 17.3 Å². The fourth-order valence-corrected chi connectivity index (χ4v) is 2.73. The van der Waals surface area contributed by atoms with Gasteiger partial charge in [-0.25, -0.2) is 0 Å². The molecular weight excluding hydrogens is 248 g/mol. The molecule has 0 amide bonds. The van der Waals surface area contributed by atoms with E-state index in [-0.39, 0.29) is 0 Å². The zero-order valence-electron chi connectivity index (χ0n) is 10.8. The summed E-state index contributed by atoms with van der Waals surface area (Å²) in [7, 11) is 0. The first kappa shape index (κ1) is 13.7. The molecule has 100 valence electrons. The Labute approximate surface area is 114 Å². The molecule has 0 aliphatic carbocycles. The van der Waals surface area contributed by atoms with Crippen LogP contribution in [0, 0.1) is 0 Å². The zero-order valence-corrected chi connectivity index (χ0v) is 11.6. The van der Waals surface area contributed by atoms with Gasteiger partial charge in [0.25, 0.3) is 0 Å². The number of hydrogen-bond donors (Lipinski definition) is 2. The van der Waals surface area contributed by atoms with Crippen LogP contribution in [0.25, 0.3) is 0 Å². The molecule has 18 heavy (non-hydrogen) atoms. The lowest BCUT2D eigenvalue weighted by Crippen LogP contribution is -2.29. The summed E-state index contributed by atoms with van der Waals surface area (Å²) in [5.74, 6) is 0. The third-order valence-electron chi connectivity index (χ3n) is 3.67. The number of benzene rings is 1. The van der Waals surface area contributed by atoms with Crippen LogP contribution in [-0.2, 0) is 6.54 Å². The van der Waals surface area contributed by atoms with Crippen LogP contribution in [0.5, 0.6) is 0 Å². The maximum atomic E-state index is 10.1. The molecule has 3 N–H and O–H groups in total. The van der Waals surface area contributed by atoms with Crippen LogP contribution in [0.15, 0.2) is 18.2 Å². The largest absolute Gasteiger partial charge is 0.390 e. The summed E-state index contributed by atoms with van der Waals surface area (Å²) in [6.45, 7) is 4.23. The van der Waals surface area contributed by atoms with Crippen molar-refractivity contribution in [1.82, 2.24) is 0 Å². The van der Waals surface area contributed by atoms with Gasteiger partial charge in [-0.2, -0.15) is 0 Å². The molecule has 1 aromatic rings. The Hall–Kier alpha value is -0.770. The summed E-state index contributed by atoms with van der Waals surface area (Å²) >= 11 is 6.00. The number of anilines is 1. The topological polar surface area (TPSA) is 49.5 Å². The summed E-state index contributed by atoms with van der Waals surface area (Å²) < 4.78 is 0. The van der Waals surface area contributed by atoms with Gasteiger partial charge in [0.2, 0.25) is 0 Å². The number of nitrogens with zero attached hydrogens (tertiary/aromatic N) is 1. The second kappa shape index (κ2) is 5.47. The molecule has 1 unspecified atom stereocenters. The standard InChI is InChI=1S/C14H21ClN2O/c1-14(18)5-2-7-17(8-6-14)13-4-3-12(15)9-11(13)10-16/h3-4,9,18H,2,5-8,10,16H2,1H3. The molecule has 2 rings (SSSR count). The number of hydrogen-bond acceptors (Lipinski definition) is 3. The molecule has 4 heteroatoms. The van der Waals surface area contributed by atoms with Crippen molar-refractivity contribution in [1.29, 1.82) is 0 Å². The van der Waals surface area contributed by atoms with Crippen molar-refractivity contribution in [3.63, 3.8) is 0 Å². The molecule has 1 fully saturated rings. The van der Waals surface area contributed by atoms with Crippen LogP contribution in [-0.4, -0.2) is 23.8 Å². The first-order valence-corrected chi connectivity index (χ1v) is 6.85. The van der Waals surface area contributed by atoms with E-state index < -0.39 is 5.60 Å². The van der Waals surface area contributed by atoms with E-state index in [0.29, 0.717) is 6.54 Å². The zero-order chi connectivity index (χ0) is 13.2. The van der Waals surface area contributed by atoms with Gasteiger partial charge in [0, 0.05) is 30.3 Å². The van der Waals surface area contributed by atoms with Gasteiger partial charge in [-0.15, -0.1) is 0 Å². The van der Waals surface area contributed by atoms with Crippen molar-refractivity contribution in [2.24, 2.45) is 5.73 Å². The van der Waals surface area contributed by atoms with Gasteiger partial charge in [-0.1, -0.05) is 11.6 Å². The molecule has 0 radical (unpaired) electrons. The van der Waals surface area contributed by atoms with Crippen molar-refractivity contribution in [2.75, 3.05) is 18.0 Å². The molecule has 0 saturated carbocycles. The summed E-state index contributed by atoms with van der Waals surface area (Å²) in [6, 6.07) is 5.86. The van der Waals surface area contributed by atoms with Crippen LogP contribution in [0.3, 0.4) is 0 Å². The minimum Gasteiger partial charge on any atom is -0.390 e. The average molecular weight is 269 g/mol. The third kappa shape index (κ3) is 3.16. The Kier molecular flexibility index (Phi) is 4.15. The van der Waals surface area contributed by atoms with E-state index in [2.05, 4.69) is 4.90 Å². The molecule has 1 atom stereocenters. The Balaban J connectivity index is 2.21. The van der Waals surface area contributed by atoms with Crippen molar-refractivity contribution in [2.45, 2.75) is 38.3 Å². The van der Waals surface area contributed by atoms with E-state index >= 15 is 0 Å². The second-order valence-electron chi connectivity index (χ2n) is 5.31. The van der Waals surface area contributed by atoms with Gasteiger partial charge < -0.3 is 15.7 Å². The van der Waals surface area contributed by atoms with E-state index in [0.717, 1.165) is 48.6 Å². The third-order valence-corrected chi connectivity index (χ3v) is 3.90. The lowest BCUT2D eigenvalue weighted by Gasteiger charge is -2.26. The maximum Gasteiger partial charge on any atom is 0.0637 e. The van der Waals surface area contributed by atoms with Crippen molar-refractivity contribution < 1.29 is 5.11 Å². The molecule has 1 aliphatic heterocycles. The van der Waals surface area contributed by atoms with E-state index in [1.165, 1.54) is 0 Å². The molecule has 1 aliphatic rings. The molecule has 0 spiro atoms. The van der Waals surface area contributed by atoms with E-state index in [1.54, 1.807) is 0 Å². The fraction of sp³-hybridized carbons (Fsp3) is 0.571. The van der Waals surface area contributed by atoms with Crippen molar-refractivity contribution in [3.05, 3.63) is 28.8 Å².